The van der Waals surface area contributed by atoms with Crippen LogP contribution in [0.25, 0.3) is 6.08 Å². The lowest BCUT2D eigenvalue weighted by molar-refractivity contribution is -0.122. The number of amides is 1. The minimum atomic E-state index is -0.342. The zero-order valence-electron chi connectivity index (χ0n) is 18.9. The van der Waals surface area contributed by atoms with Crippen molar-refractivity contribution in [3.05, 3.63) is 91.9 Å². The van der Waals surface area contributed by atoms with E-state index in [1.165, 1.54) is 36.0 Å². The van der Waals surface area contributed by atoms with Crippen molar-refractivity contribution in [2.45, 2.75) is 13.5 Å². The van der Waals surface area contributed by atoms with E-state index in [4.69, 9.17) is 9.47 Å². The highest BCUT2D eigenvalue weighted by Gasteiger charge is 2.32. The summed E-state index contributed by atoms with van der Waals surface area (Å²) < 4.78 is 38.7. The van der Waals surface area contributed by atoms with Crippen LogP contribution in [0.5, 0.6) is 11.5 Å². The normalized spacial score (nSPS) is 15.8. The molecule has 1 saturated heterocycles. The number of hydrogen-bond acceptors (Lipinski definition) is 5. The topological polar surface area (TPSA) is 51.1 Å². The Bertz CT molecular complexity index is 1300. The smallest absolute Gasteiger partial charge is 0.266 e. The first kappa shape index (κ1) is 25.2. The second kappa shape index (κ2) is 11.2. The van der Waals surface area contributed by atoms with E-state index in [1.54, 1.807) is 48.4 Å². The van der Waals surface area contributed by atoms with Crippen molar-refractivity contribution >= 4 is 57.2 Å². The third kappa shape index (κ3) is 6.02. The summed E-state index contributed by atoms with van der Waals surface area (Å²) in [5.74, 6) is 0.298. The summed E-state index contributed by atoms with van der Waals surface area (Å²) >= 11 is 3.42. The van der Waals surface area contributed by atoms with Gasteiger partial charge in [0, 0.05) is 6.54 Å². The van der Waals surface area contributed by atoms with Crippen LogP contribution in [0.3, 0.4) is 0 Å². The van der Waals surface area contributed by atoms with E-state index < -0.39 is 0 Å². The second-order valence-electron chi connectivity index (χ2n) is 7.48. The Morgan fingerprint density at radius 1 is 1.06 bits per heavy atom. The zero-order valence-corrected chi connectivity index (χ0v) is 21.9. The Kier molecular flexibility index (Phi) is 8.07. The van der Waals surface area contributed by atoms with Gasteiger partial charge in [0.25, 0.3) is 5.91 Å². The monoisotopic (exact) mass is 606 g/mol. The molecule has 3 aromatic rings. The molecule has 35 heavy (non-hydrogen) atoms. The Hall–Kier alpha value is -2.92. The molecule has 0 saturated carbocycles. The molecule has 1 aliphatic rings. The number of ether oxygens (including phenoxy) is 2. The zero-order chi connectivity index (χ0) is 24.9. The molecule has 9 heteroatoms. The Morgan fingerprint density at radius 3 is 2.34 bits per heavy atom. The Morgan fingerprint density at radius 2 is 1.71 bits per heavy atom. The van der Waals surface area contributed by atoms with Gasteiger partial charge in [0.2, 0.25) is 0 Å². The van der Waals surface area contributed by atoms with Gasteiger partial charge in [-0.05, 0) is 107 Å². The van der Waals surface area contributed by atoms with Crippen molar-refractivity contribution in [1.29, 1.82) is 0 Å². The van der Waals surface area contributed by atoms with Crippen LogP contribution in [0.15, 0.2) is 70.6 Å². The largest absolute Gasteiger partial charge is 0.493 e. The van der Waals surface area contributed by atoms with Crippen LogP contribution in [0, 0.1) is 15.2 Å². The van der Waals surface area contributed by atoms with Crippen molar-refractivity contribution in [1.82, 2.24) is 4.90 Å². The fraction of sp³-hybridized carbons (Fsp3) is 0.154. The predicted molar refractivity (Wildman–Crippen MR) is 143 cm³/mol. The molecule has 5 nitrogen and oxygen atoms in total. The summed E-state index contributed by atoms with van der Waals surface area (Å²) in [5, 5.41) is 0.538. The lowest BCUT2D eigenvalue weighted by Gasteiger charge is -2.14. The van der Waals surface area contributed by atoms with Gasteiger partial charge in [-0.2, -0.15) is 0 Å². The molecule has 0 spiro atoms. The SMILES string of the molecule is CCN1C(=O)/C(=C\c2cc(I)c(OCc3ccc(F)cc3)c(OC)c2)SC1=Nc1ccc(F)cc1. The number of methoxy groups -OCH3 is 1. The summed E-state index contributed by atoms with van der Waals surface area (Å²) in [5.41, 5.74) is 2.17. The van der Waals surface area contributed by atoms with Crippen molar-refractivity contribution in [2.24, 2.45) is 4.99 Å². The van der Waals surface area contributed by atoms with Crippen LogP contribution in [-0.4, -0.2) is 29.6 Å². The Labute approximate surface area is 220 Å². The lowest BCUT2D eigenvalue weighted by Crippen LogP contribution is -2.28. The molecular formula is C26H21F2IN2O3S. The van der Waals surface area contributed by atoms with Crippen LogP contribution in [0.4, 0.5) is 14.5 Å². The van der Waals surface area contributed by atoms with Gasteiger partial charge in [-0.3, -0.25) is 9.69 Å². The molecule has 1 fully saturated rings. The number of hydrogen-bond donors (Lipinski definition) is 0. The highest BCUT2D eigenvalue weighted by molar-refractivity contribution is 14.1. The summed E-state index contributed by atoms with van der Waals surface area (Å²) in [6, 6.07) is 15.6. The lowest BCUT2D eigenvalue weighted by atomic mass is 10.1. The number of nitrogens with zero attached hydrogens (tertiary/aromatic N) is 2. The van der Waals surface area contributed by atoms with Gasteiger partial charge in [-0.15, -0.1) is 0 Å². The molecule has 3 aromatic carbocycles. The highest BCUT2D eigenvalue weighted by Crippen LogP contribution is 2.38. The number of amidine groups is 1. The fourth-order valence-corrected chi connectivity index (χ4v) is 5.19. The fourth-order valence-electron chi connectivity index (χ4n) is 3.35. The minimum Gasteiger partial charge on any atom is -0.493 e. The van der Waals surface area contributed by atoms with Gasteiger partial charge in [0.05, 0.1) is 21.3 Å². The summed E-state index contributed by atoms with van der Waals surface area (Å²) in [6.07, 6.45) is 1.79. The molecule has 0 bridgehead atoms. The van der Waals surface area contributed by atoms with Crippen molar-refractivity contribution in [3.63, 3.8) is 0 Å². The summed E-state index contributed by atoms with van der Waals surface area (Å²) in [4.78, 5) is 19.6. The number of likely N-dealkylation sites (N-methyl/N-ethyl adjacent to an activating group) is 1. The molecule has 0 N–H and O–H groups in total. The maximum absolute atomic E-state index is 13.2. The molecule has 1 heterocycles. The van der Waals surface area contributed by atoms with Crippen LogP contribution in [0.1, 0.15) is 18.1 Å². The summed E-state index contributed by atoms with van der Waals surface area (Å²) in [7, 11) is 1.55. The van der Waals surface area contributed by atoms with Crippen molar-refractivity contribution in [3.8, 4) is 11.5 Å². The van der Waals surface area contributed by atoms with E-state index in [-0.39, 0.29) is 24.1 Å². The van der Waals surface area contributed by atoms with E-state index in [2.05, 4.69) is 27.6 Å². The second-order valence-corrected chi connectivity index (χ2v) is 9.65. The van der Waals surface area contributed by atoms with Crippen LogP contribution >= 0.6 is 34.4 Å². The van der Waals surface area contributed by atoms with Gasteiger partial charge in [0.15, 0.2) is 16.7 Å². The Balaban J connectivity index is 1.58. The number of aliphatic imine (C=N–C) groups is 1. The van der Waals surface area contributed by atoms with Gasteiger partial charge in [-0.1, -0.05) is 12.1 Å². The summed E-state index contributed by atoms with van der Waals surface area (Å²) in [6.45, 7) is 2.59. The standard InChI is InChI=1S/C26H21F2IN2O3S/c1-3-31-25(32)23(35-26(31)30-20-10-8-19(28)9-11-20)14-17-12-21(29)24(22(13-17)33-2)34-15-16-4-6-18(27)7-5-16/h4-14H,3,15H2,1-2H3/b23-14+,30-26?. The van der Waals surface area contributed by atoms with Crippen LogP contribution in [0.2, 0.25) is 0 Å². The molecule has 0 unspecified atom stereocenters. The van der Waals surface area contributed by atoms with Crippen molar-refractivity contribution < 1.29 is 23.0 Å². The minimum absolute atomic E-state index is 0.149. The van der Waals surface area contributed by atoms with Crippen LogP contribution in [-0.2, 0) is 11.4 Å². The molecule has 4 rings (SSSR count). The molecule has 0 radical (unpaired) electrons. The number of thioether (sulfide) groups is 1. The third-order valence-electron chi connectivity index (χ3n) is 5.10. The number of rotatable bonds is 7. The quantitative estimate of drug-likeness (QED) is 0.220. The van der Waals surface area contributed by atoms with E-state index in [0.29, 0.717) is 33.8 Å². The van der Waals surface area contributed by atoms with Crippen molar-refractivity contribution in [2.75, 3.05) is 13.7 Å². The highest BCUT2D eigenvalue weighted by atomic mass is 127. The van der Waals surface area contributed by atoms with E-state index in [1.807, 2.05) is 13.0 Å². The average molecular weight is 606 g/mol. The first-order valence-electron chi connectivity index (χ1n) is 10.7. The molecule has 0 atom stereocenters. The average Bonchev–Trinajstić information content (AvgIpc) is 3.14. The molecular weight excluding hydrogens is 585 g/mol. The van der Waals surface area contributed by atoms with Gasteiger partial charge < -0.3 is 9.47 Å². The van der Waals surface area contributed by atoms with E-state index in [9.17, 15) is 13.6 Å². The first-order valence-corrected chi connectivity index (χ1v) is 12.6. The van der Waals surface area contributed by atoms with E-state index >= 15 is 0 Å². The first-order chi connectivity index (χ1) is 16.9. The third-order valence-corrected chi connectivity index (χ3v) is 6.91. The van der Waals surface area contributed by atoms with Gasteiger partial charge >= 0.3 is 0 Å². The molecule has 0 aliphatic carbocycles. The molecule has 1 aliphatic heterocycles. The maximum atomic E-state index is 13.2. The van der Waals surface area contributed by atoms with Crippen LogP contribution < -0.4 is 9.47 Å². The number of carbonyl (C=O) groups excluding carboxylic acids is 1. The van der Waals surface area contributed by atoms with Gasteiger partial charge in [0.1, 0.15) is 18.2 Å². The molecule has 180 valence electrons. The van der Waals surface area contributed by atoms with E-state index in [0.717, 1.165) is 14.7 Å². The number of carbonyl (C=O) groups is 1. The number of benzene rings is 3. The maximum Gasteiger partial charge on any atom is 0.266 e. The molecule has 1 amide bonds. The number of halogens is 3. The molecule has 0 aromatic heterocycles. The van der Waals surface area contributed by atoms with Gasteiger partial charge in [-0.25, -0.2) is 13.8 Å². The predicted octanol–water partition coefficient (Wildman–Crippen LogP) is 6.78.